The van der Waals surface area contributed by atoms with E-state index in [-0.39, 0.29) is 23.3 Å². The number of hydrogen-bond donors (Lipinski definition) is 1. The Labute approximate surface area is 165 Å². The number of nitrogens with one attached hydrogen (secondary N) is 1. The molecule has 2 fully saturated rings. The molecular formula is C23H26N2O3. The van der Waals surface area contributed by atoms with Gasteiger partial charge in [0.1, 0.15) is 11.8 Å². The van der Waals surface area contributed by atoms with Gasteiger partial charge in [-0.15, -0.1) is 0 Å². The van der Waals surface area contributed by atoms with Crippen molar-refractivity contribution in [2.75, 3.05) is 19.0 Å². The third-order valence-electron chi connectivity index (χ3n) is 5.92. The lowest BCUT2D eigenvalue weighted by Gasteiger charge is -2.27. The molecule has 2 aromatic carbocycles. The number of nitrogens with zero attached hydrogens (tertiary/aromatic N) is 1. The molecule has 0 unspecified atom stereocenters. The molecule has 2 aliphatic rings. The van der Waals surface area contributed by atoms with Crippen LogP contribution >= 0.6 is 0 Å². The molecule has 2 aromatic rings. The molecule has 1 atom stereocenters. The number of ether oxygens (including phenoxy) is 1. The third kappa shape index (κ3) is 3.49. The molecule has 1 aliphatic carbocycles. The Bertz CT molecular complexity index is 887. The van der Waals surface area contributed by atoms with Crippen molar-refractivity contribution in [2.45, 2.75) is 38.6 Å². The van der Waals surface area contributed by atoms with Crippen molar-refractivity contribution < 1.29 is 14.3 Å². The first kappa shape index (κ1) is 18.5. The van der Waals surface area contributed by atoms with Crippen molar-refractivity contribution in [1.29, 1.82) is 0 Å². The monoisotopic (exact) mass is 378 g/mol. The first-order valence-corrected chi connectivity index (χ1v) is 9.87. The van der Waals surface area contributed by atoms with Gasteiger partial charge in [0.15, 0.2) is 0 Å². The molecule has 1 saturated heterocycles. The average Bonchev–Trinajstić information content (AvgIpc) is 3.28. The summed E-state index contributed by atoms with van der Waals surface area (Å²) in [4.78, 5) is 27.6. The standard InChI is InChI=1S/C23H26N2O3/c1-23(13-14-23)22(27)25-15-5-8-20(25)21(26)24-19-7-4-3-6-18(19)16-9-11-17(28-2)12-10-16/h3-4,6-7,9-12,20H,5,8,13-15H2,1-2H3,(H,24,26)/t20-/m0/s1. The van der Waals surface area contributed by atoms with Crippen LogP contribution in [0.1, 0.15) is 32.6 Å². The highest BCUT2D eigenvalue weighted by Gasteiger charge is 2.50. The number of rotatable bonds is 5. The minimum atomic E-state index is -0.381. The van der Waals surface area contributed by atoms with Crippen LogP contribution in [-0.4, -0.2) is 36.4 Å². The van der Waals surface area contributed by atoms with Gasteiger partial charge in [0.2, 0.25) is 11.8 Å². The lowest BCUT2D eigenvalue weighted by atomic mass is 10.0. The van der Waals surface area contributed by atoms with E-state index >= 15 is 0 Å². The molecule has 4 rings (SSSR count). The molecular weight excluding hydrogens is 352 g/mol. The van der Waals surface area contributed by atoms with Crippen molar-refractivity contribution in [1.82, 2.24) is 4.90 Å². The number of benzene rings is 2. The first-order valence-electron chi connectivity index (χ1n) is 9.87. The Hall–Kier alpha value is -2.82. The van der Waals surface area contributed by atoms with E-state index < -0.39 is 0 Å². The van der Waals surface area contributed by atoms with Gasteiger partial charge >= 0.3 is 0 Å². The summed E-state index contributed by atoms with van der Waals surface area (Å²) in [5.41, 5.74) is 2.46. The average molecular weight is 378 g/mol. The summed E-state index contributed by atoms with van der Waals surface area (Å²) < 4.78 is 5.23. The second kappa shape index (κ2) is 7.30. The van der Waals surface area contributed by atoms with E-state index in [0.29, 0.717) is 6.54 Å². The first-order chi connectivity index (χ1) is 13.5. The number of carbonyl (C=O) groups is 2. The van der Waals surface area contributed by atoms with Crippen LogP contribution in [0.3, 0.4) is 0 Å². The highest BCUT2D eigenvalue weighted by molar-refractivity contribution is 6.01. The summed E-state index contributed by atoms with van der Waals surface area (Å²) in [5.74, 6) is 0.823. The Balaban J connectivity index is 1.54. The van der Waals surface area contributed by atoms with E-state index in [9.17, 15) is 9.59 Å². The maximum atomic E-state index is 13.0. The van der Waals surface area contributed by atoms with Gasteiger partial charge in [0.05, 0.1) is 7.11 Å². The highest BCUT2D eigenvalue weighted by atomic mass is 16.5. The molecule has 146 valence electrons. The van der Waals surface area contributed by atoms with Crippen molar-refractivity contribution in [3.05, 3.63) is 48.5 Å². The molecule has 5 heteroatoms. The third-order valence-corrected chi connectivity index (χ3v) is 5.92. The van der Waals surface area contributed by atoms with E-state index in [0.717, 1.165) is 48.2 Å². The van der Waals surface area contributed by atoms with Gasteiger partial charge < -0.3 is 15.0 Å². The molecule has 28 heavy (non-hydrogen) atoms. The number of hydrogen-bond acceptors (Lipinski definition) is 3. The molecule has 1 heterocycles. The lowest BCUT2D eigenvalue weighted by Crippen LogP contribution is -2.45. The van der Waals surface area contributed by atoms with Gasteiger partial charge in [-0.2, -0.15) is 0 Å². The smallest absolute Gasteiger partial charge is 0.247 e. The van der Waals surface area contributed by atoms with Crippen molar-refractivity contribution in [3.63, 3.8) is 0 Å². The van der Waals surface area contributed by atoms with Crippen LogP contribution in [0.2, 0.25) is 0 Å². The lowest BCUT2D eigenvalue weighted by molar-refractivity contribution is -0.140. The van der Waals surface area contributed by atoms with E-state index in [1.807, 2.05) is 55.5 Å². The Morgan fingerprint density at radius 2 is 1.82 bits per heavy atom. The number of anilines is 1. The molecule has 0 aromatic heterocycles. The summed E-state index contributed by atoms with van der Waals surface area (Å²) in [6.45, 7) is 2.67. The summed E-state index contributed by atoms with van der Waals surface area (Å²) >= 11 is 0. The van der Waals surface area contributed by atoms with Gasteiger partial charge in [-0.3, -0.25) is 9.59 Å². The Morgan fingerprint density at radius 1 is 1.11 bits per heavy atom. The second-order valence-corrected chi connectivity index (χ2v) is 7.98. The van der Waals surface area contributed by atoms with Gasteiger partial charge in [-0.05, 0) is 49.4 Å². The molecule has 0 bridgehead atoms. The van der Waals surface area contributed by atoms with Crippen LogP contribution in [0.15, 0.2) is 48.5 Å². The fraction of sp³-hybridized carbons (Fsp3) is 0.391. The second-order valence-electron chi connectivity index (χ2n) is 7.98. The molecule has 0 radical (unpaired) electrons. The largest absolute Gasteiger partial charge is 0.497 e. The zero-order valence-corrected chi connectivity index (χ0v) is 16.4. The minimum absolute atomic E-state index is 0.101. The van der Waals surface area contributed by atoms with Crippen LogP contribution < -0.4 is 10.1 Å². The Kier molecular flexibility index (Phi) is 4.84. The van der Waals surface area contributed by atoms with Gasteiger partial charge in [0.25, 0.3) is 0 Å². The van der Waals surface area contributed by atoms with Crippen molar-refractivity contribution >= 4 is 17.5 Å². The van der Waals surface area contributed by atoms with E-state index in [4.69, 9.17) is 4.74 Å². The quantitative estimate of drug-likeness (QED) is 0.852. The number of para-hydroxylation sites is 1. The van der Waals surface area contributed by atoms with Crippen LogP contribution in [0.4, 0.5) is 5.69 Å². The topological polar surface area (TPSA) is 58.6 Å². The predicted octanol–water partition coefficient (Wildman–Crippen LogP) is 4.09. The SMILES string of the molecule is COc1ccc(-c2ccccc2NC(=O)[C@@H]2CCCN2C(=O)C2(C)CC2)cc1. The summed E-state index contributed by atoms with van der Waals surface area (Å²) in [5, 5.41) is 3.07. The van der Waals surface area contributed by atoms with Crippen LogP contribution in [0.25, 0.3) is 11.1 Å². The number of likely N-dealkylation sites (tertiary alicyclic amines) is 1. The molecule has 1 N–H and O–H groups in total. The zero-order chi connectivity index (χ0) is 19.7. The number of methoxy groups -OCH3 is 1. The highest BCUT2D eigenvalue weighted by Crippen LogP contribution is 2.47. The fourth-order valence-electron chi connectivity index (χ4n) is 3.86. The molecule has 0 spiro atoms. The maximum Gasteiger partial charge on any atom is 0.247 e. The molecule has 2 amide bonds. The normalized spacial score (nSPS) is 19.9. The summed E-state index contributed by atoms with van der Waals surface area (Å²) in [7, 11) is 1.64. The summed E-state index contributed by atoms with van der Waals surface area (Å²) in [6.07, 6.45) is 3.45. The molecule has 1 saturated carbocycles. The zero-order valence-electron chi connectivity index (χ0n) is 16.4. The van der Waals surface area contributed by atoms with E-state index in [2.05, 4.69) is 5.32 Å². The molecule has 5 nitrogen and oxygen atoms in total. The predicted molar refractivity (Wildman–Crippen MR) is 109 cm³/mol. The number of carbonyl (C=O) groups excluding carboxylic acids is 2. The van der Waals surface area contributed by atoms with E-state index in [1.165, 1.54) is 0 Å². The van der Waals surface area contributed by atoms with Gasteiger partial charge in [-0.25, -0.2) is 0 Å². The fourth-order valence-corrected chi connectivity index (χ4v) is 3.86. The Morgan fingerprint density at radius 3 is 2.50 bits per heavy atom. The maximum absolute atomic E-state index is 13.0. The summed E-state index contributed by atoms with van der Waals surface area (Å²) in [6, 6.07) is 15.1. The van der Waals surface area contributed by atoms with Crippen LogP contribution in [0, 0.1) is 5.41 Å². The van der Waals surface area contributed by atoms with Crippen molar-refractivity contribution in [2.24, 2.45) is 5.41 Å². The van der Waals surface area contributed by atoms with Gasteiger partial charge in [0, 0.05) is 23.2 Å². The van der Waals surface area contributed by atoms with Crippen molar-refractivity contribution in [3.8, 4) is 16.9 Å². The van der Waals surface area contributed by atoms with Crippen LogP contribution in [-0.2, 0) is 9.59 Å². The van der Waals surface area contributed by atoms with E-state index in [1.54, 1.807) is 12.0 Å². The number of amides is 2. The molecule has 1 aliphatic heterocycles. The minimum Gasteiger partial charge on any atom is -0.497 e. The van der Waals surface area contributed by atoms with Crippen LogP contribution in [0.5, 0.6) is 5.75 Å². The van der Waals surface area contributed by atoms with Gasteiger partial charge in [-0.1, -0.05) is 37.3 Å².